The van der Waals surface area contributed by atoms with Gasteiger partial charge in [-0.05, 0) is 86.0 Å². The highest BCUT2D eigenvalue weighted by Crippen LogP contribution is 2.69. The van der Waals surface area contributed by atoms with Crippen molar-refractivity contribution in [2.45, 2.75) is 189 Å². The average molecular weight is 933 g/mol. The number of ether oxygens (including phenoxy) is 7. The van der Waals surface area contributed by atoms with Crippen LogP contribution in [0.2, 0.25) is 0 Å². The molecule has 8 rings (SSSR count). The summed E-state index contributed by atoms with van der Waals surface area (Å²) in [4.78, 5) is 14.6. The van der Waals surface area contributed by atoms with Gasteiger partial charge in [0.05, 0.1) is 44.4 Å². The number of rotatable bonds is 13. The molecule has 0 bridgehead atoms. The summed E-state index contributed by atoms with van der Waals surface area (Å²) in [7, 11) is 0. The molecule has 4 heterocycles. The number of carbonyl (C=O) groups excluding carboxylic acids is 1. The molecule has 8 aliphatic rings. The first kappa shape index (κ1) is 49.9. The quantitative estimate of drug-likeness (QED) is 0.0838. The Morgan fingerprint density at radius 2 is 1.29 bits per heavy atom. The molecule has 26 unspecified atom stereocenters. The molecule has 4 aliphatic heterocycles. The van der Waals surface area contributed by atoms with Gasteiger partial charge in [-0.2, -0.15) is 0 Å². The Labute approximate surface area is 378 Å². The van der Waals surface area contributed by atoms with E-state index in [-0.39, 0.29) is 54.0 Å². The Bertz CT molecular complexity index is 1700. The minimum absolute atomic E-state index is 0.00305. The minimum atomic E-state index is -1.80. The van der Waals surface area contributed by atoms with Crippen LogP contribution in [-0.2, 0) is 38.0 Å². The van der Waals surface area contributed by atoms with Crippen LogP contribution in [0.1, 0.15) is 79.1 Å². The molecular weight excluding hydrogens is 860 g/mol. The zero-order valence-electron chi connectivity index (χ0n) is 37.5. The summed E-state index contributed by atoms with van der Waals surface area (Å²) in [5.41, 5.74) is 0.0837. The molecule has 372 valence electrons. The average Bonchev–Trinajstić information content (AvgIpc) is 3.77. The summed E-state index contributed by atoms with van der Waals surface area (Å²) in [5, 5.41) is 125. The van der Waals surface area contributed by atoms with E-state index in [2.05, 4.69) is 20.8 Å². The van der Waals surface area contributed by atoms with Gasteiger partial charge >= 0.3 is 0 Å². The monoisotopic (exact) mass is 932 g/mol. The van der Waals surface area contributed by atoms with Crippen molar-refractivity contribution < 1.29 is 99.2 Å². The van der Waals surface area contributed by atoms with Crippen LogP contribution in [-0.4, -0.2) is 204 Å². The maximum absolute atomic E-state index is 14.6. The Kier molecular flexibility index (Phi) is 14.9. The molecule has 26 atom stereocenters. The third kappa shape index (κ3) is 8.66. The summed E-state index contributed by atoms with van der Waals surface area (Å²) in [6, 6.07) is 0. The van der Waals surface area contributed by atoms with Crippen molar-refractivity contribution in [1.82, 2.24) is 0 Å². The highest BCUT2D eigenvalue weighted by molar-refractivity contribution is 5.87. The van der Waals surface area contributed by atoms with Gasteiger partial charge < -0.3 is 94.4 Å². The predicted molar refractivity (Wildman–Crippen MR) is 219 cm³/mol. The molecule has 0 aromatic heterocycles. The number of Topliss-reactive ketones (excluding diaryl/α,β-unsaturated/α-hetero) is 1. The topological polar surface area (TPSA) is 324 Å². The molecule has 20 nitrogen and oxygen atoms in total. The molecule has 4 aliphatic carbocycles. The van der Waals surface area contributed by atoms with E-state index in [1.54, 1.807) is 0 Å². The van der Waals surface area contributed by atoms with E-state index >= 15 is 0 Å². The van der Waals surface area contributed by atoms with Gasteiger partial charge in [0, 0.05) is 24.2 Å². The lowest BCUT2D eigenvalue weighted by Crippen LogP contribution is -2.65. The van der Waals surface area contributed by atoms with Gasteiger partial charge in [0.1, 0.15) is 85.1 Å². The number of ketones is 1. The van der Waals surface area contributed by atoms with Gasteiger partial charge in [-0.1, -0.05) is 20.8 Å². The highest BCUT2D eigenvalue weighted by Gasteiger charge is 2.68. The third-order valence-corrected chi connectivity index (χ3v) is 17.3. The second kappa shape index (κ2) is 19.4. The fraction of sp³-hybridized carbons (Fsp3) is 0.933. The molecular formula is C45H72O20. The number of aliphatic hydroxyl groups excluding tert-OH is 12. The lowest BCUT2D eigenvalue weighted by Gasteiger charge is -2.61. The van der Waals surface area contributed by atoms with Gasteiger partial charge in [-0.25, -0.2) is 0 Å². The number of aliphatic hydroxyl groups is 12. The van der Waals surface area contributed by atoms with Crippen LogP contribution in [0.15, 0.2) is 11.3 Å². The molecule has 0 amide bonds. The van der Waals surface area contributed by atoms with Crippen LogP contribution in [0.25, 0.3) is 0 Å². The van der Waals surface area contributed by atoms with Crippen molar-refractivity contribution >= 4 is 5.78 Å². The molecule has 0 aromatic rings. The summed E-state index contributed by atoms with van der Waals surface area (Å²) in [6.07, 6.45) is -19.7. The molecule has 20 heteroatoms. The second-order valence-corrected chi connectivity index (χ2v) is 20.9. The standard InChI is InChI=1S/C45H72O20/c1-17(16-59-41-37(56)34(53)32(51)27(13-46)62-41)5-8-24-18(2)31-26(60-24)10-22-20-7-6-19-9-25(23(49)12-44(19,3)21(20)11-30(50)45(22,31)4)61-42-39(58)36(55)40(29(15-48)64-42)65-43-38(57)35(54)33(52)28(14-47)63-43/h17,19-23,25-29,31-43,46-49,51-58H,5-16H2,1-4H3. The maximum atomic E-state index is 14.6. The van der Waals surface area contributed by atoms with Crippen LogP contribution >= 0.6 is 0 Å². The second-order valence-electron chi connectivity index (χ2n) is 20.9. The fourth-order valence-electron chi connectivity index (χ4n) is 13.4. The van der Waals surface area contributed by atoms with Crippen molar-refractivity contribution in [3.8, 4) is 0 Å². The maximum Gasteiger partial charge on any atom is 0.187 e. The molecule has 0 aromatic carbocycles. The van der Waals surface area contributed by atoms with Crippen LogP contribution in [0.3, 0.4) is 0 Å². The number of carbonyl (C=O) groups is 1. The van der Waals surface area contributed by atoms with Crippen molar-refractivity contribution in [3.63, 3.8) is 0 Å². The zero-order chi connectivity index (χ0) is 47.0. The molecule has 12 N–H and O–H groups in total. The number of fused-ring (bicyclic) bond motifs is 7. The van der Waals surface area contributed by atoms with Gasteiger partial charge in [0.2, 0.25) is 0 Å². The fourth-order valence-corrected chi connectivity index (χ4v) is 13.4. The number of hydrogen-bond donors (Lipinski definition) is 12. The Morgan fingerprint density at radius 3 is 1.94 bits per heavy atom. The van der Waals surface area contributed by atoms with Gasteiger partial charge in [-0.3, -0.25) is 4.79 Å². The molecule has 4 saturated carbocycles. The largest absolute Gasteiger partial charge is 0.494 e. The summed E-state index contributed by atoms with van der Waals surface area (Å²) in [5.74, 6) is 1.45. The molecule has 0 radical (unpaired) electrons. The summed E-state index contributed by atoms with van der Waals surface area (Å²) >= 11 is 0. The summed E-state index contributed by atoms with van der Waals surface area (Å²) in [6.45, 7) is 6.57. The molecule has 3 saturated heterocycles. The third-order valence-electron chi connectivity index (χ3n) is 17.3. The van der Waals surface area contributed by atoms with Crippen molar-refractivity contribution in [1.29, 1.82) is 0 Å². The SMILES string of the molecule is CC1=C(CCC(C)COC2OC(CO)C(O)C(O)C2O)OC2CC3C4CCC5CC(OC6OC(CO)C(OC7OC(CO)C(O)C(O)C7O)C(O)C6O)C(O)CC5(C)C4CC(=O)C3(C)C12. The summed E-state index contributed by atoms with van der Waals surface area (Å²) < 4.78 is 41.2. The highest BCUT2D eigenvalue weighted by atomic mass is 16.7. The number of allylic oxidation sites excluding steroid dienone is 1. The van der Waals surface area contributed by atoms with E-state index in [0.29, 0.717) is 32.1 Å². The first-order valence-corrected chi connectivity index (χ1v) is 23.5. The smallest absolute Gasteiger partial charge is 0.187 e. The van der Waals surface area contributed by atoms with Crippen molar-refractivity contribution in [2.75, 3.05) is 26.4 Å². The minimum Gasteiger partial charge on any atom is -0.494 e. The first-order chi connectivity index (χ1) is 30.8. The lowest BCUT2D eigenvalue weighted by molar-refractivity contribution is -0.366. The predicted octanol–water partition coefficient (Wildman–Crippen LogP) is -2.68. The van der Waals surface area contributed by atoms with Gasteiger partial charge in [-0.15, -0.1) is 0 Å². The van der Waals surface area contributed by atoms with E-state index in [9.17, 15) is 66.1 Å². The van der Waals surface area contributed by atoms with Gasteiger partial charge in [0.15, 0.2) is 18.9 Å². The van der Waals surface area contributed by atoms with Gasteiger partial charge in [0.25, 0.3) is 0 Å². The Hall–Kier alpha value is -1.51. The van der Waals surface area contributed by atoms with E-state index in [4.69, 9.17) is 33.2 Å². The van der Waals surface area contributed by atoms with E-state index < -0.39 is 135 Å². The van der Waals surface area contributed by atoms with Crippen molar-refractivity contribution in [2.24, 2.45) is 46.3 Å². The van der Waals surface area contributed by atoms with Crippen LogP contribution in [0, 0.1) is 46.3 Å². The van der Waals surface area contributed by atoms with E-state index in [0.717, 1.165) is 30.6 Å². The lowest BCUT2D eigenvalue weighted by atomic mass is 9.44. The van der Waals surface area contributed by atoms with Crippen molar-refractivity contribution in [3.05, 3.63) is 11.3 Å². The van der Waals surface area contributed by atoms with Crippen LogP contribution < -0.4 is 0 Å². The molecule has 65 heavy (non-hydrogen) atoms. The molecule has 7 fully saturated rings. The Balaban J connectivity index is 0.871. The van der Waals surface area contributed by atoms with E-state index in [1.807, 2.05) is 6.92 Å². The first-order valence-electron chi connectivity index (χ1n) is 23.5. The van der Waals surface area contributed by atoms with Crippen LogP contribution in [0.5, 0.6) is 0 Å². The zero-order valence-corrected chi connectivity index (χ0v) is 37.5. The van der Waals surface area contributed by atoms with E-state index in [1.165, 1.54) is 0 Å². The molecule has 0 spiro atoms. The van der Waals surface area contributed by atoms with Crippen LogP contribution in [0.4, 0.5) is 0 Å². The Morgan fingerprint density at radius 1 is 0.708 bits per heavy atom. The normalized spacial score (nSPS) is 52.6. The number of hydrogen-bond acceptors (Lipinski definition) is 20.